The summed E-state index contributed by atoms with van der Waals surface area (Å²) in [6.07, 6.45) is 1.54. The maximum absolute atomic E-state index is 12.0. The number of carbonyl (C=O) groups is 1. The smallest absolute Gasteiger partial charge is 0.247 e. The first kappa shape index (κ1) is 24.2. The second-order valence-corrected chi connectivity index (χ2v) is 9.08. The van der Waals surface area contributed by atoms with Crippen LogP contribution in [0, 0.1) is 0 Å². The van der Waals surface area contributed by atoms with Gasteiger partial charge in [0.1, 0.15) is 11.6 Å². The van der Waals surface area contributed by atoms with Crippen molar-refractivity contribution >= 4 is 67.7 Å². The van der Waals surface area contributed by atoms with E-state index >= 15 is 0 Å². The Morgan fingerprint density at radius 3 is 2.78 bits per heavy atom. The summed E-state index contributed by atoms with van der Waals surface area (Å²) < 4.78 is 12.3. The Labute approximate surface area is 206 Å². The third kappa shape index (κ3) is 6.80. The fourth-order valence-corrected chi connectivity index (χ4v) is 4.19. The number of anilines is 1. The molecule has 12 heteroatoms. The number of hydrazone groups is 1. The molecule has 3 N–H and O–H groups in total. The van der Waals surface area contributed by atoms with E-state index in [4.69, 9.17) is 38.4 Å². The number of benzene rings is 2. The molecule has 0 saturated heterocycles. The molecule has 0 aliphatic carbocycles. The van der Waals surface area contributed by atoms with Gasteiger partial charge in [0.15, 0.2) is 11.5 Å². The molecule has 168 valence electrons. The van der Waals surface area contributed by atoms with Crippen LogP contribution in [0.4, 0.5) is 5.13 Å². The molecular formula is C20H18BrCl2N5O3S. The van der Waals surface area contributed by atoms with Gasteiger partial charge < -0.3 is 15.2 Å². The van der Waals surface area contributed by atoms with Crippen molar-refractivity contribution in [3.05, 3.63) is 61.0 Å². The summed E-state index contributed by atoms with van der Waals surface area (Å²) in [7, 11) is 0. The first-order chi connectivity index (χ1) is 15.4. The fraction of sp³-hybridized carbons (Fsp3) is 0.200. The van der Waals surface area contributed by atoms with Gasteiger partial charge >= 0.3 is 0 Å². The van der Waals surface area contributed by atoms with Crippen molar-refractivity contribution in [2.45, 2.75) is 20.0 Å². The Hall–Kier alpha value is -2.40. The minimum Gasteiger partial charge on any atom is -0.490 e. The SMILES string of the molecule is CCOc1cc(/C=N\NC(=O)Cc2nnc(N)s2)cc(Br)c1OCc1ccc(Cl)cc1Cl. The summed E-state index contributed by atoms with van der Waals surface area (Å²) in [5.74, 6) is 0.707. The summed E-state index contributed by atoms with van der Waals surface area (Å²) in [5, 5.41) is 13.3. The summed E-state index contributed by atoms with van der Waals surface area (Å²) >= 11 is 16.8. The standard InChI is InChI=1S/C20H18BrCl2N5O3S/c1-2-30-16-6-11(9-25-26-17(29)8-18-27-28-20(24)32-18)5-14(21)19(16)31-10-12-3-4-13(22)7-15(12)23/h3-7,9H,2,8,10H2,1H3,(H2,24,28)(H,26,29)/b25-9-. The second kappa shape index (κ2) is 11.5. The normalized spacial score (nSPS) is 11.0. The number of nitrogen functional groups attached to an aromatic ring is 1. The van der Waals surface area contributed by atoms with Crippen molar-refractivity contribution in [2.24, 2.45) is 5.10 Å². The molecule has 32 heavy (non-hydrogen) atoms. The predicted molar refractivity (Wildman–Crippen MR) is 130 cm³/mol. The van der Waals surface area contributed by atoms with Crippen LogP contribution in [0.1, 0.15) is 23.1 Å². The summed E-state index contributed by atoms with van der Waals surface area (Å²) in [6, 6.07) is 8.77. The molecule has 1 amide bonds. The van der Waals surface area contributed by atoms with Gasteiger partial charge in [0.05, 0.1) is 23.7 Å². The maximum atomic E-state index is 12.0. The molecule has 0 unspecified atom stereocenters. The van der Waals surface area contributed by atoms with Crippen LogP contribution in [0.5, 0.6) is 11.5 Å². The van der Waals surface area contributed by atoms with Crippen molar-refractivity contribution in [1.29, 1.82) is 0 Å². The van der Waals surface area contributed by atoms with Crippen LogP contribution in [0.15, 0.2) is 39.9 Å². The van der Waals surface area contributed by atoms with E-state index in [0.717, 1.165) is 16.9 Å². The average molecular weight is 559 g/mol. The first-order valence-electron chi connectivity index (χ1n) is 9.28. The lowest BCUT2D eigenvalue weighted by Crippen LogP contribution is -2.19. The van der Waals surface area contributed by atoms with Crippen LogP contribution in [0.2, 0.25) is 10.0 Å². The number of ether oxygens (including phenoxy) is 2. The van der Waals surface area contributed by atoms with Crippen molar-refractivity contribution < 1.29 is 14.3 Å². The highest BCUT2D eigenvalue weighted by Gasteiger charge is 2.13. The summed E-state index contributed by atoms with van der Waals surface area (Å²) in [5.41, 5.74) is 9.44. The van der Waals surface area contributed by atoms with Crippen LogP contribution in [-0.2, 0) is 17.8 Å². The van der Waals surface area contributed by atoms with Crippen LogP contribution in [-0.4, -0.2) is 28.9 Å². The largest absolute Gasteiger partial charge is 0.490 e. The Morgan fingerprint density at radius 1 is 1.28 bits per heavy atom. The van der Waals surface area contributed by atoms with Crippen molar-refractivity contribution in [3.8, 4) is 11.5 Å². The number of halogens is 3. The Morgan fingerprint density at radius 2 is 2.09 bits per heavy atom. The highest BCUT2D eigenvalue weighted by Crippen LogP contribution is 2.37. The third-order valence-corrected chi connectivity index (χ3v) is 5.84. The van der Waals surface area contributed by atoms with E-state index in [1.54, 1.807) is 30.3 Å². The highest BCUT2D eigenvalue weighted by molar-refractivity contribution is 9.10. The maximum Gasteiger partial charge on any atom is 0.247 e. The van der Waals surface area contributed by atoms with Crippen LogP contribution in [0.3, 0.4) is 0 Å². The van der Waals surface area contributed by atoms with E-state index < -0.39 is 0 Å². The highest BCUT2D eigenvalue weighted by atomic mass is 79.9. The number of hydrogen-bond donors (Lipinski definition) is 2. The zero-order valence-corrected chi connectivity index (χ0v) is 20.7. The number of nitrogens with zero attached hydrogens (tertiary/aromatic N) is 3. The number of nitrogens with two attached hydrogens (primary N) is 1. The van der Waals surface area contributed by atoms with E-state index in [1.165, 1.54) is 6.21 Å². The van der Waals surface area contributed by atoms with E-state index in [2.05, 4.69) is 36.7 Å². The molecule has 0 aliphatic heterocycles. The molecule has 1 aromatic heterocycles. The Kier molecular flexibility index (Phi) is 8.68. The lowest BCUT2D eigenvalue weighted by atomic mass is 10.2. The fourth-order valence-electron chi connectivity index (χ4n) is 2.55. The molecule has 0 radical (unpaired) electrons. The number of rotatable bonds is 9. The van der Waals surface area contributed by atoms with Gasteiger partial charge in [-0.25, -0.2) is 5.43 Å². The zero-order valence-electron chi connectivity index (χ0n) is 16.8. The minimum absolute atomic E-state index is 0.0418. The molecule has 8 nitrogen and oxygen atoms in total. The van der Waals surface area contributed by atoms with Gasteiger partial charge in [0, 0.05) is 15.6 Å². The molecule has 1 heterocycles. The quantitative estimate of drug-likeness (QED) is 0.286. The molecule has 0 spiro atoms. The van der Waals surface area contributed by atoms with E-state index in [1.807, 2.05) is 6.92 Å². The van der Waals surface area contributed by atoms with Crippen LogP contribution in [0.25, 0.3) is 0 Å². The molecule has 3 rings (SSSR count). The monoisotopic (exact) mass is 557 g/mol. The molecule has 2 aromatic carbocycles. The van der Waals surface area contributed by atoms with Crippen LogP contribution >= 0.6 is 50.5 Å². The number of amides is 1. The van der Waals surface area contributed by atoms with Gasteiger partial charge in [-0.15, -0.1) is 10.2 Å². The van der Waals surface area contributed by atoms with E-state index in [0.29, 0.717) is 48.3 Å². The molecule has 0 fully saturated rings. The van der Waals surface area contributed by atoms with Gasteiger partial charge in [-0.05, 0) is 52.7 Å². The topological polar surface area (TPSA) is 112 Å². The molecular weight excluding hydrogens is 541 g/mol. The van der Waals surface area contributed by atoms with E-state index in [-0.39, 0.29) is 18.9 Å². The van der Waals surface area contributed by atoms with Gasteiger partial charge in [0.2, 0.25) is 11.0 Å². The lowest BCUT2D eigenvalue weighted by molar-refractivity contribution is -0.120. The number of aromatic nitrogens is 2. The first-order valence-corrected chi connectivity index (χ1v) is 11.6. The van der Waals surface area contributed by atoms with Crippen molar-refractivity contribution in [1.82, 2.24) is 15.6 Å². The van der Waals surface area contributed by atoms with Gasteiger partial charge in [-0.3, -0.25) is 4.79 Å². The lowest BCUT2D eigenvalue weighted by Gasteiger charge is -2.15. The number of hydrogen-bond acceptors (Lipinski definition) is 8. The second-order valence-electron chi connectivity index (χ2n) is 6.29. The zero-order chi connectivity index (χ0) is 23.1. The molecule has 0 saturated carbocycles. The van der Waals surface area contributed by atoms with Gasteiger partial charge in [-0.1, -0.05) is 40.6 Å². The summed E-state index contributed by atoms with van der Waals surface area (Å²) in [6.45, 7) is 2.54. The predicted octanol–water partition coefficient (Wildman–Crippen LogP) is 4.86. The Bertz CT molecular complexity index is 1140. The molecule has 0 aliphatic rings. The molecule has 3 aromatic rings. The molecule has 0 bridgehead atoms. The summed E-state index contributed by atoms with van der Waals surface area (Å²) in [4.78, 5) is 12.0. The minimum atomic E-state index is -0.332. The number of nitrogens with one attached hydrogen (secondary N) is 1. The Balaban J connectivity index is 1.68. The number of carbonyl (C=O) groups excluding carboxylic acids is 1. The van der Waals surface area contributed by atoms with Crippen molar-refractivity contribution in [2.75, 3.05) is 12.3 Å². The third-order valence-electron chi connectivity index (χ3n) is 3.92. The van der Waals surface area contributed by atoms with Crippen molar-refractivity contribution in [3.63, 3.8) is 0 Å². The average Bonchev–Trinajstić information content (AvgIpc) is 3.13. The van der Waals surface area contributed by atoms with E-state index in [9.17, 15) is 4.79 Å². The van der Waals surface area contributed by atoms with Gasteiger partial charge in [-0.2, -0.15) is 5.10 Å². The van der Waals surface area contributed by atoms with Crippen LogP contribution < -0.4 is 20.6 Å². The van der Waals surface area contributed by atoms with Gasteiger partial charge in [0.25, 0.3) is 0 Å². The molecule has 0 atom stereocenters.